The van der Waals surface area contributed by atoms with Crippen LogP contribution in [0.25, 0.3) is 11.5 Å². The fourth-order valence-corrected chi connectivity index (χ4v) is 4.44. The maximum Gasteiger partial charge on any atom is 0.264 e. The van der Waals surface area contributed by atoms with Crippen LogP contribution in [0.1, 0.15) is 21.5 Å². The average molecular weight is 384 g/mol. The lowest BCUT2D eigenvalue weighted by Crippen LogP contribution is -2.31. The Morgan fingerprint density at radius 3 is 2.46 bits per heavy atom. The van der Waals surface area contributed by atoms with E-state index in [2.05, 4.69) is 0 Å². The predicted molar refractivity (Wildman–Crippen MR) is 92.7 cm³/mol. The van der Waals surface area contributed by atoms with Crippen molar-refractivity contribution >= 4 is 51.0 Å². The summed E-state index contributed by atoms with van der Waals surface area (Å²) >= 11 is 12.2. The van der Waals surface area contributed by atoms with Crippen LogP contribution >= 0.6 is 23.2 Å². The Bertz CT molecular complexity index is 999. The van der Waals surface area contributed by atoms with Gasteiger partial charge in [0, 0.05) is 23.7 Å². The molecular formula is C16H11Cl2NO4S. The molecule has 0 saturated heterocycles. The number of nitrogens with zero attached hydrogens (tertiary/aromatic N) is 1. The fourth-order valence-electron chi connectivity index (χ4n) is 2.61. The summed E-state index contributed by atoms with van der Waals surface area (Å²) in [6, 6.07) is 8.89. The number of hydrogen-bond donors (Lipinski definition) is 1. The number of carbonyl (C=O) groups excluding carboxylic acids is 1. The summed E-state index contributed by atoms with van der Waals surface area (Å²) in [5, 5.41) is 10.8. The Morgan fingerprint density at radius 2 is 1.79 bits per heavy atom. The first-order valence-corrected chi connectivity index (χ1v) is 8.95. The van der Waals surface area contributed by atoms with Gasteiger partial charge in [-0.3, -0.25) is 9.10 Å². The number of aldehydes is 1. The molecule has 2 aromatic carbocycles. The van der Waals surface area contributed by atoms with Crippen molar-refractivity contribution < 1.29 is 18.3 Å². The normalized spacial score (nSPS) is 16.0. The van der Waals surface area contributed by atoms with Crippen LogP contribution < -0.4 is 0 Å². The van der Waals surface area contributed by atoms with E-state index in [9.17, 15) is 18.3 Å². The molecule has 0 atom stereocenters. The van der Waals surface area contributed by atoms with Crippen LogP contribution in [0.2, 0.25) is 10.0 Å². The lowest BCUT2D eigenvalue weighted by Gasteiger charge is -2.30. The van der Waals surface area contributed by atoms with Crippen molar-refractivity contribution in [3.63, 3.8) is 0 Å². The molecule has 3 rings (SSSR count). The maximum absolute atomic E-state index is 12.7. The summed E-state index contributed by atoms with van der Waals surface area (Å²) in [5.41, 5.74) is 0.228. The summed E-state index contributed by atoms with van der Waals surface area (Å²) in [6.45, 7) is 0. The van der Waals surface area contributed by atoms with Gasteiger partial charge in [-0.1, -0.05) is 35.3 Å². The molecule has 0 unspecified atom stereocenters. The lowest BCUT2D eigenvalue weighted by molar-refractivity contribution is 0.112. The number of aliphatic hydroxyl groups is 1. The van der Waals surface area contributed by atoms with Crippen LogP contribution in [-0.2, 0) is 10.0 Å². The Labute approximate surface area is 148 Å². The van der Waals surface area contributed by atoms with Gasteiger partial charge < -0.3 is 5.11 Å². The molecular weight excluding hydrogens is 373 g/mol. The van der Waals surface area contributed by atoms with Crippen LogP contribution in [0, 0.1) is 0 Å². The Morgan fingerprint density at radius 1 is 1.12 bits per heavy atom. The highest BCUT2D eigenvalue weighted by molar-refractivity contribution is 7.89. The Kier molecular flexibility index (Phi) is 4.07. The van der Waals surface area contributed by atoms with Crippen LogP contribution in [0.5, 0.6) is 0 Å². The average Bonchev–Trinajstić information content (AvgIpc) is 2.57. The van der Waals surface area contributed by atoms with Gasteiger partial charge in [-0.2, -0.15) is 0 Å². The number of aliphatic hydroxyl groups excluding tert-OH is 1. The maximum atomic E-state index is 12.7. The van der Waals surface area contributed by atoms with E-state index in [-0.39, 0.29) is 43.1 Å². The molecule has 1 N–H and O–H groups in total. The molecule has 24 heavy (non-hydrogen) atoms. The van der Waals surface area contributed by atoms with Gasteiger partial charge in [0.05, 0.1) is 14.9 Å². The second-order valence-corrected chi connectivity index (χ2v) is 7.83. The molecule has 0 bridgehead atoms. The first-order valence-electron chi connectivity index (χ1n) is 6.75. The highest BCUT2D eigenvalue weighted by Crippen LogP contribution is 2.43. The van der Waals surface area contributed by atoms with Crippen LogP contribution in [-0.4, -0.2) is 31.2 Å². The van der Waals surface area contributed by atoms with Crippen molar-refractivity contribution in [1.29, 1.82) is 0 Å². The molecule has 124 valence electrons. The monoisotopic (exact) mass is 383 g/mol. The fraction of sp³-hybridized carbons (Fsp3) is 0.0625. The molecule has 0 aromatic heterocycles. The zero-order valence-electron chi connectivity index (χ0n) is 12.3. The van der Waals surface area contributed by atoms with Crippen molar-refractivity contribution in [2.45, 2.75) is 4.90 Å². The van der Waals surface area contributed by atoms with E-state index < -0.39 is 10.0 Å². The largest absolute Gasteiger partial charge is 0.505 e. The van der Waals surface area contributed by atoms with Gasteiger partial charge >= 0.3 is 0 Å². The number of benzene rings is 2. The minimum atomic E-state index is -3.91. The molecule has 5 nitrogen and oxygen atoms in total. The second kappa shape index (κ2) is 5.81. The summed E-state index contributed by atoms with van der Waals surface area (Å²) in [5.74, 6) is -0.296. The highest BCUT2D eigenvalue weighted by Gasteiger charge is 2.37. The van der Waals surface area contributed by atoms with Gasteiger partial charge in [-0.25, -0.2) is 8.42 Å². The first-order chi connectivity index (χ1) is 11.3. The van der Waals surface area contributed by atoms with E-state index >= 15 is 0 Å². The number of hydrogen-bond acceptors (Lipinski definition) is 4. The molecule has 1 aliphatic rings. The molecule has 8 heteroatoms. The Balaban J connectivity index is 2.46. The zero-order chi connectivity index (χ0) is 17.6. The molecule has 2 aromatic rings. The molecule has 1 aliphatic heterocycles. The predicted octanol–water partition coefficient (Wildman–Crippen LogP) is 3.82. The molecule has 0 saturated carbocycles. The van der Waals surface area contributed by atoms with Crippen LogP contribution in [0.15, 0.2) is 41.3 Å². The zero-order valence-corrected chi connectivity index (χ0v) is 14.7. The van der Waals surface area contributed by atoms with Gasteiger partial charge in [0.25, 0.3) is 10.0 Å². The first kappa shape index (κ1) is 16.8. The number of halogens is 2. The smallest absolute Gasteiger partial charge is 0.264 e. The standard InChI is InChI=1S/C16H11Cl2NO4S/c1-19-15(13-9(8-20)6-7-11(17)14(13)18)16(21)10-4-2-3-5-12(10)24(19,22)23/h2-8,21H,1H3. The van der Waals surface area contributed by atoms with Gasteiger partial charge in [-0.05, 0) is 24.3 Å². The highest BCUT2D eigenvalue weighted by atomic mass is 35.5. The van der Waals surface area contributed by atoms with Crippen molar-refractivity contribution in [2.24, 2.45) is 0 Å². The van der Waals surface area contributed by atoms with E-state index in [1.807, 2.05) is 0 Å². The van der Waals surface area contributed by atoms with Crippen LogP contribution in [0.3, 0.4) is 0 Å². The van der Waals surface area contributed by atoms with Gasteiger partial charge in [0.15, 0.2) is 6.29 Å². The van der Waals surface area contributed by atoms with Crippen molar-refractivity contribution in [1.82, 2.24) is 4.31 Å². The van der Waals surface area contributed by atoms with Gasteiger partial charge in [0.1, 0.15) is 11.5 Å². The van der Waals surface area contributed by atoms with Gasteiger partial charge in [0.2, 0.25) is 0 Å². The second-order valence-electron chi connectivity index (χ2n) is 5.11. The summed E-state index contributed by atoms with van der Waals surface area (Å²) < 4.78 is 26.4. The third-order valence-corrected chi connectivity index (χ3v) is 6.43. The molecule has 0 amide bonds. The third kappa shape index (κ3) is 2.30. The SMILES string of the molecule is CN1C(c2c(C=O)ccc(Cl)c2Cl)=C(O)c2ccccc2S1(=O)=O. The molecule has 0 spiro atoms. The van der Waals surface area contributed by atoms with Gasteiger partial charge in [-0.15, -0.1) is 0 Å². The molecule has 1 heterocycles. The van der Waals surface area contributed by atoms with Crippen LogP contribution in [0.4, 0.5) is 0 Å². The van der Waals surface area contributed by atoms with E-state index in [4.69, 9.17) is 23.2 Å². The van der Waals surface area contributed by atoms with E-state index in [0.717, 1.165) is 4.31 Å². The number of rotatable bonds is 2. The van der Waals surface area contributed by atoms with E-state index in [1.165, 1.54) is 31.3 Å². The number of fused-ring (bicyclic) bond motifs is 1. The molecule has 0 aliphatic carbocycles. The minimum Gasteiger partial charge on any atom is -0.505 e. The van der Waals surface area contributed by atoms with Crippen molar-refractivity contribution in [3.8, 4) is 0 Å². The van der Waals surface area contributed by atoms with Crippen molar-refractivity contribution in [3.05, 3.63) is 63.1 Å². The minimum absolute atomic E-state index is 0.00996. The number of sulfonamides is 1. The summed E-state index contributed by atoms with van der Waals surface area (Å²) in [4.78, 5) is 11.4. The molecule has 0 radical (unpaired) electrons. The van der Waals surface area contributed by atoms with Crippen molar-refractivity contribution in [2.75, 3.05) is 7.05 Å². The third-order valence-electron chi connectivity index (χ3n) is 3.81. The summed E-state index contributed by atoms with van der Waals surface area (Å²) in [6.07, 6.45) is 0.527. The Hall–Kier alpha value is -2.02. The van der Waals surface area contributed by atoms with E-state index in [1.54, 1.807) is 12.1 Å². The lowest BCUT2D eigenvalue weighted by atomic mass is 10.0. The number of carbonyl (C=O) groups is 1. The molecule has 0 fully saturated rings. The topological polar surface area (TPSA) is 74.7 Å². The summed E-state index contributed by atoms with van der Waals surface area (Å²) in [7, 11) is -2.63. The van der Waals surface area contributed by atoms with E-state index in [0.29, 0.717) is 6.29 Å². The quantitative estimate of drug-likeness (QED) is 0.799.